The predicted octanol–water partition coefficient (Wildman–Crippen LogP) is 4.08. The van der Waals surface area contributed by atoms with E-state index in [4.69, 9.17) is 0 Å². The molecule has 3 nitrogen and oxygen atoms in total. The van der Waals surface area contributed by atoms with Crippen molar-refractivity contribution in [1.29, 1.82) is 0 Å². The van der Waals surface area contributed by atoms with E-state index in [1.807, 2.05) is 0 Å². The maximum absolute atomic E-state index is 12.0. The summed E-state index contributed by atoms with van der Waals surface area (Å²) in [7, 11) is 0. The van der Waals surface area contributed by atoms with E-state index in [9.17, 15) is 4.79 Å². The number of rotatable bonds is 5. The second-order valence-electron chi connectivity index (χ2n) is 7.05. The van der Waals surface area contributed by atoms with E-state index < -0.39 is 0 Å². The number of carbonyl (C=O) groups is 1. The Kier molecular flexibility index (Phi) is 6.18. The van der Waals surface area contributed by atoms with E-state index in [0.29, 0.717) is 12.0 Å². The van der Waals surface area contributed by atoms with Gasteiger partial charge in [0.1, 0.15) is 0 Å². The SMILES string of the molecule is CCCC1CCCC1CNC(=O)NC1CCC(C)CC1. The normalized spacial score (nSPS) is 33.9. The Morgan fingerprint density at radius 2 is 1.75 bits per heavy atom. The lowest BCUT2D eigenvalue weighted by Gasteiger charge is -2.27. The molecule has 0 aromatic heterocycles. The van der Waals surface area contributed by atoms with Crippen LogP contribution >= 0.6 is 0 Å². The highest BCUT2D eigenvalue weighted by molar-refractivity contribution is 5.74. The molecule has 0 bridgehead atoms. The van der Waals surface area contributed by atoms with Crippen molar-refractivity contribution in [2.24, 2.45) is 17.8 Å². The van der Waals surface area contributed by atoms with Crippen molar-refractivity contribution >= 4 is 6.03 Å². The number of amides is 2. The van der Waals surface area contributed by atoms with Gasteiger partial charge in [0.2, 0.25) is 0 Å². The van der Waals surface area contributed by atoms with Crippen LogP contribution in [0.4, 0.5) is 4.79 Å². The molecule has 0 aromatic carbocycles. The van der Waals surface area contributed by atoms with Crippen LogP contribution in [-0.2, 0) is 0 Å². The third-order valence-corrected chi connectivity index (χ3v) is 5.35. The summed E-state index contributed by atoms with van der Waals surface area (Å²) < 4.78 is 0. The second kappa shape index (κ2) is 7.90. The van der Waals surface area contributed by atoms with Gasteiger partial charge >= 0.3 is 6.03 Å². The molecule has 2 saturated carbocycles. The van der Waals surface area contributed by atoms with E-state index in [0.717, 1.165) is 31.2 Å². The zero-order valence-corrected chi connectivity index (χ0v) is 13.3. The Hall–Kier alpha value is -0.730. The summed E-state index contributed by atoms with van der Waals surface area (Å²) in [4.78, 5) is 12.0. The Bertz CT molecular complexity index is 297. The van der Waals surface area contributed by atoms with Crippen LogP contribution in [0.2, 0.25) is 0 Å². The van der Waals surface area contributed by atoms with Crippen molar-refractivity contribution < 1.29 is 4.79 Å². The summed E-state index contributed by atoms with van der Waals surface area (Å²) >= 11 is 0. The largest absolute Gasteiger partial charge is 0.338 e. The molecule has 2 rings (SSSR count). The first-order valence-corrected chi connectivity index (χ1v) is 8.73. The van der Waals surface area contributed by atoms with Gasteiger partial charge in [0.05, 0.1) is 0 Å². The van der Waals surface area contributed by atoms with Crippen molar-refractivity contribution in [3.63, 3.8) is 0 Å². The predicted molar refractivity (Wildman–Crippen MR) is 83.7 cm³/mol. The topological polar surface area (TPSA) is 41.1 Å². The molecule has 0 heterocycles. The van der Waals surface area contributed by atoms with E-state index in [1.165, 1.54) is 44.9 Å². The van der Waals surface area contributed by atoms with Gasteiger partial charge in [0, 0.05) is 12.6 Å². The van der Waals surface area contributed by atoms with Gasteiger partial charge in [-0.05, 0) is 49.9 Å². The minimum absolute atomic E-state index is 0.0618. The van der Waals surface area contributed by atoms with Crippen LogP contribution in [0.3, 0.4) is 0 Å². The molecule has 2 unspecified atom stereocenters. The van der Waals surface area contributed by atoms with Gasteiger partial charge in [0.15, 0.2) is 0 Å². The lowest BCUT2D eigenvalue weighted by Crippen LogP contribution is -2.45. The molecule has 0 saturated heterocycles. The van der Waals surface area contributed by atoms with Crippen LogP contribution < -0.4 is 10.6 Å². The molecule has 0 aliphatic heterocycles. The van der Waals surface area contributed by atoms with E-state index in [2.05, 4.69) is 24.5 Å². The summed E-state index contributed by atoms with van der Waals surface area (Å²) in [5.41, 5.74) is 0. The first-order chi connectivity index (χ1) is 9.69. The molecule has 116 valence electrons. The maximum atomic E-state index is 12.0. The quantitative estimate of drug-likeness (QED) is 0.782. The molecule has 20 heavy (non-hydrogen) atoms. The summed E-state index contributed by atoms with van der Waals surface area (Å²) in [6, 6.07) is 0.466. The van der Waals surface area contributed by atoms with Crippen LogP contribution in [0, 0.1) is 17.8 Å². The standard InChI is InChI=1S/C17H32N2O/c1-3-5-14-6-4-7-15(14)12-18-17(20)19-16-10-8-13(2)9-11-16/h13-16H,3-12H2,1-2H3,(H2,18,19,20). The number of urea groups is 1. The van der Waals surface area contributed by atoms with E-state index in [1.54, 1.807) is 0 Å². The van der Waals surface area contributed by atoms with Crippen molar-refractivity contribution in [3.8, 4) is 0 Å². The highest BCUT2D eigenvalue weighted by atomic mass is 16.2. The monoisotopic (exact) mass is 280 g/mol. The first kappa shape index (κ1) is 15.7. The van der Waals surface area contributed by atoms with Crippen molar-refractivity contribution in [2.75, 3.05) is 6.54 Å². The number of hydrogen-bond acceptors (Lipinski definition) is 1. The van der Waals surface area contributed by atoms with E-state index in [-0.39, 0.29) is 6.03 Å². The zero-order chi connectivity index (χ0) is 14.4. The molecule has 2 atom stereocenters. The van der Waals surface area contributed by atoms with Gasteiger partial charge < -0.3 is 10.6 Å². The van der Waals surface area contributed by atoms with E-state index >= 15 is 0 Å². The molecule has 2 aliphatic rings. The van der Waals surface area contributed by atoms with Gasteiger partial charge in [-0.3, -0.25) is 0 Å². The number of hydrogen-bond donors (Lipinski definition) is 2. The average molecular weight is 280 g/mol. The molecule has 2 amide bonds. The molecule has 0 radical (unpaired) electrons. The molecule has 0 spiro atoms. The van der Waals surface area contributed by atoms with Crippen LogP contribution in [0.1, 0.15) is 71.6 Å². The fourth-order valence-electron chi connectivity index (χ4n) is 4.00. The smallest absolute Gasteiger partial charge is 0.315 e. The lowest BCUT2D eigenvalue weighted by molar-refractivity contribution is 0.224. The van der Waals surface area contributed by atoms with Crippen molar-refractivity contribution in [1.82, 2.24) is 10.6 Å². The summed E-state index contributed by atoms with van der Waals surface area (Å²) in [6.07, 6.45) is 11.4. The van der Waals surface area contributed by atoms with Crippen molar-refractivity contribution in [3.05, 3.63) is 0 Å². The highest BCUT2D eigenvalue weighted by Gasteiger charge is 2.27. The zero-order valence-electron chi connectivity index (χ0n) is 13.3. The van der Waals surface area contributed by atoms with Crippen molar-refractivity contribution in [2.45, 2.75) is 77.7 Å². The molecule has 2 N–H and O–H groups in total. The van der Waals surface area contributed by atoms with Gasteiger partial charge in [-0.1, -0.05) is 39.5 Å². The molecule has 3 heteroatoms. The van der Waals surface area contributed by atoms with Crippen LogP contribution in [0.15, 0.2) is 0 Å². The summed E-state index contributed by atoms with van der Waals surface area (Å²) in [5.74, 6) is 2.40. The fraction of sp³-hybridized carbons (Fsp3) is 0.941. The minimum Gasteiger partial charge on any atom is -0.338 e. The Balaban J connectivity index is 1.64. The maximum Gasteiger partial charge on any atom is 0.315 e. The van der Waals surface area contributed by atoms with Crippen LogP contribution in [0.25, 0.3) is 0 Å². The second-order valence-corrected chi connectivity index (χ2v) is 7.05. The summed E-state index contributed by atoms with van der Waals surface area (Å²) in [5, 5.41) is 6.28. The molecular formula is C17H32N2O. The van der Waals surface area contributed by atoms with Gasteiger partial charge in [-0.25, -0.2) is 4.79 Å². The number of nitrogens with one attached hydrogen (secondary N) is 2. The van der Waals surface area contributed by atoms with Gasteiger partial charge in [-0.2, -0.15) is 0 Å². The lowest BCUT2D eigenvalue weighted by atomic mass is 9.87. The van der Waals surface area contributed by atoms with Gasteiger partial charge in [-0.15, -0.1) is 0 Å². The Labute approximate surface area is 124 Å². The van der Waals surface area contributed by atoms with Crippen LogP contribution in [0.5, 0.6) is 0 Å². The summed E-state index contributed by atoms with van der Waals surface area (Å²) in [6.45, 7) is 5.45. The minimum atomic E-state index is 0.0618. The third kappa shape index (κ3) is 4.68. The molecular weight excluding hydrogens is 248 g/mol. The van der Waals surface area contributed by atoms with Crippen LogP contribution in [-0.4, -0.2) is 18.6 Å². The molecule has 2 aliphatic carbocycles. The molecule has 2 fully saturated rings. The van der Waals surface area contributed by atoms with Gasteiger partial charge in [0.25, 0.3) is 0 Å². The highest BCUT2D eigenvalue weighted by Crippen LogP contribution is 2.34. The fourth-order valence-corrected chi connectivity index (χ4v) is 4.00. The number of carbonyl (C=O) groups excluding carboxylic acids is 1. The third-order valence-electron chi connectivity index (χ3n) is 5.35. The molecule has 0 aromatic rings. The Morgan fingerprint density at radius 3 is 2.45 bits per heavy atom. The average Bonchev–Trinajstić information content (AvgIpc) is 2.87. The Morgan fingerprint density at radius 1 is 1.05 bits per heavy atom. The first-order valence-electron chi connectivity index (χ1n) is 8.73.